The number of nitrogen functional groups attached to an aromatic ring is 1. The molecule has 0 unspecified atom stereocenters. The Labute approximate surface area is 177 Å². The van der Waals surface area contributed by atoms with Crippen LogP contribution in [0.1, 0.15) is 10.4 Å². The van der Waals surface area contributed by atoms with E-state index >= 15 is 0 Å². The number of hydrogen-bond acceptors (Lipinski definition) is 6. The van der Waals surface area contributed by atoms with Crippen molar-refractivity contribution in [3.63, 3.8) is 0 Å². The quantitative estimate of drug-likeness (QED) is 0.554. The first-order chi connectivity index (χ1) is 14.6. The van der Waals surface area contributed by atoms with Crippen LogP contribution < -0.4 is 21.4 Å². The van der Waals surface area contributed by atoms with Gasteiger partial charge in [0, 0.05) is 31.4 Å². The minimum atomic E-state index is -1.63. The lowest BCUT2D eigenvalue weighted by atomic mass is 10.0. The maximum absolute atomic E-state index is 14.9. The fourth-order valence-electron chi connectivity index (χ4n) is 3.50. The van der Waals surface area contributed by atoms with Gasteiger partial charge in [-0.2, -0.15) is 0 Å². The molecule has 3 heterocycles. The number of carboxylic acids is 1. The van der Waals surface area contributed by atoms with Crippen LogP contribution in [0.3, 0.4) is 0 Å². The highest BCUT2D eigenvalue weighted by atomic mass is 35.5. The molecule has 1 saturated heterocycles. The van der Waals surface area contributed by atoms with Gasteiger partial charge in [-0.3, -0.25) is 9.36 Å². The highest BCUT2D eigenvalue weighted by Gasteiger charge is 2.32. The Kier molecular flexibility index (Phi) is 5.02. The minimum absolute atomic E-state index is 0.0348. The predicted molar refractivity (Wildman–Crippen MR) is 109 cm³/mol. The van der Waals surface area contributed by atoms with E-state index in [1.165, 1.54) is 0 Å². The van der Waals surface area contributed by atoms with Gasteiger partial charge < -0.3 is 21.1 Å². The number of benzene rings is 1. The summed E-state index contributed by atoms with van der Waals surface area (Å²) in [6.45, 7) is 0.846. The lowest BCUT2D eigenvalue weighted by molar-refractivity contribution is 0.0695. The highest BCUT2D eigenvalue weighted by molar-refractivity contribution is 6.38. The van der Waals surface area contributed by atoms with Gasteiger partial charge in [-0.1, -0.05) is 11.6 Å². The minimum Gasteiger partial charge on any atom is -0.477 e. The summed E-state index contributed by atoms with van der Waals surface area (Å²) >= 11 is 6.46. The fourth-order valence-corrected chi connectivity index (χ4v) is 3.90. The molecule has 1 aliphatic heterocycles. The summed E-state index contributed by atoms with van der Waals surface area (Å²) in [5, 5.41) is 11.8. The number of nitrogens with zero attached hydrogens (tertiary/aromatic N) is 3. The van der Waals surface area contributed by atoms with E-state index in [0.29, 0.717) is 19.2 Å². The molecule has 162 valence electrons. The number of halogens is 4. The van der Waals surface area contributed by atoms with Crippen molar-refractivity contribution in [3.05, 3.63) is 56.6 Å². The van der Waals surface area contributed by atoms with E-state index in [4.69, 9.17) is 17.3 Å². The second-order valence-electron chi connectivity index (χ2n) is 7.02. The van der Waals surface area contributed by atoms with Crippen LogP contribution in [-0.2, 0) is 0 Å². The molecule has 0 saturated carbocycles. The van der Waals surface area contributed by atoms with E-state index in [1.807, 2.05) is 0 Å². The van der Waals surface area contributed by atoms with Gasteiger partial charge in [0.15, 0.2) is 23.3 Å². The van der Waals surface area contributed by atoms with E-state index in [9.17, 15) is 27.9 Å². The van der Waals surface area contributed by atoms with Gasteiger partial charge >= 0.3 is 5.97 Å². The average molecular weight is 454 g/mol. The Hall–Kier alpha value is -3.31. The van der Waals surface area contributed by atoms with Crippen molar-refractivity contribution in [2.75, 3.05) is 30.8 Å². The number of pyridine rings is 2. The molecule has 31 heavy (non-hydrogen) atoms. The molecular weight excluding hydrogens is 439 g/mol. The summed E-state index contributed by atoms with van der Waals surface area (Å²) in [5.41, 5.74) is 3.44. The number of aromatic nitrogens is 2. The Morgan fingerprint density at radius 2 is 1.94 bits per heavy atom. The Balaban J connectivity index is 2.09. The van der Waals surface area contributed by atoms with E-state index in [-0.39, 0.29) is 22.3 Å². The van der Waals surface area contributed by atoms with E-state index in [2.05, 4.69) is 10.3 Å². The van der Waals surface area contributed by atoms with Crippen LogP contribution in [0, 0.1) is 17.5 Å². The summed E-state index contributed by atoms with van der Waals surface area (Å²) in [5.74, 6) is -6.03. The molecule has 0 spiro atoms. The number of carbonyl (C=O) groups is 1. The molecule has 2 aromatic heterocycles. The number of rotatable bonds is 4. The summed E-state index contributed by atoms with van der Waals surface area (Å²) in [4.78, 5) is 29.5. The fraction of sp³-hybridized carbons (Fsp3) is 0.211. The van der Waals surface area contributed by atoms with Crippen molar-refractivity contribution in [1.82, 2.24) is 14.9 Å². The zero-order valence-corrected chi connectivity index (χ0v) is 16.7. The van der Waals surface area contributed by atoms with E-state index < -0.39 is 51.4 Å². The molecule has 0 aliphatic carbocycles. The molecule has 12 heteroatoms. The van der Waals surface area contributed by atoms with Crippen molar-refractivity contribution in [2.45, 2.75) is 6.04 Å². The van der Waals surface area contributed by atoms with Crippen LogP contribution in [0.25, 0.3) is 16.7 Å². The van der Waals surface area contributed by atoms with Gasteiger partial charge in [-0.25, -0.2) is 22.9 Å². The molecule has 0 atom stereocenters. The van der Waals surface area contributed by atoms with E-state index in [0.717, 1.165) is 16.8 Å². The standard InChI is InChI=1S/C19H15ClF3N5O3/c1-25-7-4-27(5-7)15-10(21)2-8-14(13(15)20)28(6-9(16(8)29)19(30)31)18-12(23)3-11(22)17(24)26-18/h2-3,6-7,25H,4-5H2,1H3,(H2,24,26)(H,30,31). The number of nitrogens with one attached hydrogen (secondary N) is 1. The third kappa shape index (κ3) is 3.26. The Morgan fingerprint density at radius 3 is 2.55 bits per heavy atom. The highest BCUT2D eigenvalue weighted by Crippen LogP contribution is 2.38. The lowest BCUT2D eigenvalue weighted by Gasteiger charge is -2.41. The second kappa shape index (κ2) is 7.43. The van der Waals surface area contributed by atoms with Crippen LogP contribution in [0.5, 0.6) is 0 Å². The third-order valence-corrected chi connectivity index (χ3v) is 5.52. The molecule has 1 aromatic carbocycles. The monoisotopic (exact) mass is 453 g/mol. The molecule has 8 nitrogen and oxygen atoms in total. The molecule has 0 amide bonds. The SMILES string of the molecule is CNC1CN(c2c(F)cc3c(=O)c(C(=O)O)cn(-c4nc(N)c(F)cc4F)c3c2Cl)C1. The van der Waals surface area contributed by atoms with Crippen LogP contribution in [0.15, 0.2) is 23.1 Å². The molecule has 0 bridgehead atoms. The predicted octanol–water partition coefficient (Wildman–Crippen LogP) is 2.14. The Morgan fingerprint density at radius 1 is 1.26 bits per heavy atom. The van der Waals surface area contributed by atoms with Crippen molar-refractivity contribution in [2.24, 2.45) is 0 Å². The zero-order valence-electron chi connectivity index (χ0n) is 15.9. The van der Waals surface area contributed by atoms with Gasteiger partial charge in [-0.05, 0) is 13.1 Å². The second-order valence-corrected chi connectivity index (χ2v) is 7.39. The number of aromatic carboxylic acids is 1. The van der Waals surface area contributed by atoms with Gasteiger partial charge in [0.1, 0.15) is 11.4 Å². The third-order valence-electron chi connectivity index (χ3n) is 5.16. The topological polar surface area (TPSA) is 113 Å². The van der Waals surface area contributed by atoms with Gasteiger partial charge in [0.25, 0.3) is 0 Å². The van der Waals surface area contributed by atoms with Crippen molar-refractivity contribution < 1.29 is 23.1 Å². The molecule has 1 fully saturated rings. The Bertz CT molecular complexity index is 1310. The van der Waals surface area contributed by atoms with Gasteiger partial charge in [-0.15, -0.1) is 0 Å². The molecule has 4 N–H and O–H groups in total. The molecule has 0 radical (unpaired) electrons. The van der Waals surface area contributed by atoms with Crippen LogP contribution >= 0.6 is 11.6 Å². The smallest absolute Gasteiger partial charge is 0.341 e. The molecular formula is C19H15ClF3N5O3. The number of anilines is 2. The molecule has 3 aromatic rings. The lowest BCUT2D eigenvalue weighted by Crippen LogP contribution is -2.57. The van der Waals surface area contributed by atoms with E-state index in [1.54, 1.807) is 11.9 Å². The maximum atomic E-state index is 14.9. The summed E-state index contributed by atoms with van der Waals surface area (Å²) in [6, 6.07) is 1.41. The number of fused-ring (bicyclic) bond motifs is 1. The first-order valence-electron chi connectivity index (χ1n) is 8.98. The number of nitrogens with two attached hydrogens (primary N) is 1. The van der Waals surface area contributed by atoms with Gasteiger partial charge in [0.05, 0.1) is 21.6 Å². The summed E-state index contributed by atoms with van der Waals surface area (Å²) in [6.07, 6.45) is 0.801. The first kappa shape index (κ1) is 20.9. The van der Waals surface area contributed by atoms with Crippen molar-refractivity contribution in [1.29, 1.82) is 0 Å². The average Bonchev–Trinajstić information content (AvgIpc) is 2.67. The zero-order chi connectivity index (χ0) is 22.6. The normalized spacial score (nSPS) is 14.2. The molecule has 1 aliphatic rings. The van der Waals surface area contributed by atoms with Crippen LogP contribution in [0.2, 0.25) is 5.02 Å². The molecule has 4 rings (SSSR count). The number of hydrogen-bond donors (Lipinski definition) is 3. The summed E-state index contributed by atoms with van der Waals surface area (Å²) in [7, 11) is 1.75. The summed E-state index contributed by atoms with van der Waals surface area (Å²) < 4.78 is 44.0. The number of likely N-dealkylation sites (N-methyl/N-ethyl adjacent to an activating group) is 1. The maximum Gasteiger partial charge on any atom is 0.341 e. The van der Waals surface area contributed by atoms with Crippen molar-refractivity contribution in [3.8, 4) is 5.82 Å². The van der Waals surface area contributed by atoms with Gasteiger partial charge in [0.2, 0.25) is 5.43 Å². The van der Waals surface area contributed by atoms with Crippen LogP contribution in [0.4, 0.5) is 24.7 Å². The van der Waals surface area contributed by atoms with Crippen molar-refractivity contribution >= 4 is 40.0 Å². The largest absolute Gasteiger partial charge is 0.477 e. The number of carboxylic acid groups (broad SMARTS) is 1. The first-order valence-corrected chi connectivity index (χ1v) is 9.36. The van der Waals surface area contributed by atoms with Crippen LogP contribution in [-0.4, -0.2) is 46.8 Å².